The topological polar surface area (TPSA) is 130 Å². The fraction of sp³-hybridized carbons (Fsp3) is 0.0476. The van der Waals surface area contributed by atoms with E-state index < -0.39 is 11.8 Å². The predicted octanol–water partition coefficient (Wildman–Crippen LogP) is 2.70. The Balaban J connectivity index is 1.55. The fourth-order valence-electron chi connectivity index (χ4n) is 3.14. The number of hydrazine groups is 1. The molecule has 2 amide bonds. The maximum atomic E-state index is 12.5. The molecule has 2 heterocycles. The largest absolute Gasteiger partial charge is 0.397 e. The number of amides is 2. The van der Waals surface area contributed by atoms with E-state index >= 15 is 0 Å². The summed E-state index contributed by atoms with van der Waals surface area (Å²) in [4.78, 5) is 44.3. The number of benzene rings is 2. The third-order valence-corrected chi connectivity index (χ3v) is 4.87. The normalized spacial score (nSPS) is 10.9. The molecule has 4 aromatic rings. The molecule has 0 aliphatic carbocycles. The molecule has 0 unspecified atom stereocenters. The zero-order valence-electron chi connectivity index (χ0n) is 15.7. The number of nitrogens with two attached hydrogens (primary N) is 1. The third-order valence-electron chi connectivity index (χ3n) is 4.63. The Kier molecular flexibility index (Phi) is 4.85. The summed E-state index contributed by atoms with van der Waals surface area (Å²) in [6, 6.07) is 11.1. The molecule has 5 N–H and O–H groups in total. The van der Waals surface area contributed by atoms with Crippen LogP contribution < -0.4 is 22.0 Å². The molecule has 150 valence electrons. The van der Waals surface area contributed by atoms with Crippen LogP contribution >= 0.6 is 11.6 Å². The average molecular weight is 422 g/mol. The van der Waals surface area contributed by atoms with Gasteiger partial charge in [-0.3, -0.25) is 30.2 Å². The first-order valence-corrected chi connectivity index (χ1v) is 9.29. The average Bonchev–Trinajstić information content (AvgIpc) is 2.72. The Bertz CT molecular complexity index is 1400. The Morgan fingerprint density at radius 2 is 1.80 bits per heavy atom. The second kappa shape index (κ2) is 7.49. The summed E-state index contributed by atoms with van der Waals surface area (Å²) in [6.45, 7) is 1.78. The minimum absolute atomic E-state index is 0.0931. The molecule has 0 spiro atoms. The quantitative estimate of drug-likeness (QED) is 0.370. The van der Waals surface area contributed by atoms with Crippen molar-refractivity contribution in [3.63, 3.8) is 0 Å². The van der Waals surface area contributed by atoms with Gasteiger partial charge in [-0.15, -0.1) is 0 Å². The Morgan fingerprint density at radius 3 is 2.60 bits per heavy atom. The molecule has 0 atom stereocenters. The lowest BCUT2D eigenvalue weighted by molar-refractivity contribution is 0.0847. The number of nitrogen functional groups attached to an aromatic ring is 1. The van der Waals surface area contributed by atoms with Gasteiger partial charge in [0.1, 0.15) is 0 Å². The van der Waals surface area contributed by atoms with Crippen LogP contribution in [0.1, 0.15) is 26.4 Å². The highest BCUT2D eigenvalue weighted by Gasteiger charge is 2.15. The lowest BCUT2D eigenvalue weighted by Gasteiger charge is -2.11. The van der Waals surface area contributed by atoms with Crippen LogP contribution in [-0.4, -0.2) is 21.8 Å². The summed E-state index contributed by atoms with van der Waals surface area (Å²) in [6.07, 6.45) is 1.32. The Morgan fingerprint density at radius 1 is 1.03 bits per heavy atom. The van der Waals surface area contributed by atoms with E-state index in [1.54, 1.807) is 37.3 Å². The summed E-state index contributed by atoms with van der Waals surface area (Å²) < 4.78 is 0. The van der Waals surface area contributed by atoms with Crippen LogP contribution in [-0.2, 0) is 0 Å². The number of hydrogen-bond donors (Lipinski definition) is 4. The van der Waals surface area contributed by atoms with Crippen molar-refractivity contribution in [1.82, 2.24) is 20.8 Å². The molecule has 0 radical (unpaired) electrons. The molecule has 0 fully saturated rings. The minimum Gasteiger partial charge on any atom is -0.397 e. The van der Waals surface area contributed by atoms with E-state index in [9.17, 15) is 14.4 Å². The molecule has 8 nitrogen and oxygen atoms in total. The molecular formula is C21H16ClN5O3. The number of carbonyl (C=O) groups is 2. The number of aromatic nitrogens is 2. The molecule has 0 aliphatic rings. The highest BCUT2D eigenvalue weighted by molar-refractivity contribution is 6.31. The van der Waals surface area contributed by atoms with E-state index in [0.717, 1.165) is 5.69 Å². The van der Waals surface area contributed by atoms with Crippen LogP contribution in [0.4, 0.5) is 5.69 Å². The first-order chi connectivity index (χ1) is 14.3. The monoisotopic (exact) mass is 421 g/mol. The van der Waals surface area contributed by atoms with E-state index in [-0.39, 0.29) is 22.2 Å². The van der Waals surface area contributed by atoms with Crippen molar-refractivity contribution >= 4 is 50.9 Å². The van der Waals surface area contributed by atoms with Gasteiger partial charge in [-0.2, -0.15) is 0 Å². The van der Waals surface area contributed by atoms with Gasteiger partial charge in [0.05, 0.1) is 16.8 Å². The van der Waals surface area contributed by atoms with Crippen LogP contribution in [0.2, 0.25) is 5.02 Å². The number of fused-ring (bicyclic) bond motifs is 2. The number of rotatable bonds is 2. The summed E-state index contributed by atoms with van der Waals surface area (Å²) in [5.41, 5.74) is 13.0. The highest BCUT2D eigenvalue weighted by atomic mass is 35.5. The van der Waals surface area contributed by atoms with E-state index in [1.165, 1.54) is 18.3 Å². The number of halogens is 1. The number of aromatic amines is 1. The van der Waals surface area contributed by atoms with Crippen molar-refractivity contribution in [3.05, 3.63) is 80.7 Å². The molecular weight excluding hydrogens is 406 g/mol. The van der Waals surface area contributed by atoms with Gasteiger partial charge in [0.15, 0.2) is 5.43 Å². The second-order valence-corrected chi connectivity index (χ2v) is 7.17. The van der Waals surface area contributed by atoms with Crippen LogP contribution in [0.25, 0.3) is 21.8 Å². The van der Waals surface area contributed by atoms with Gasteiger partial charge in [-0.25, -0.2) is 0 Å². The van der Waals surface area contributed by atoms with Crippen LogP contribution in [0.15, 0.2) is 53.5 Å². The number of H-pyrrole nitrogens is 1. The minimum atomic E-state index is -0.635. The molecule has 0 bridgehead atoms. The van der Waals surface area contributed by atoms with Gasteiger partial charge >= 0.3 is 0 Å². The summed E-state index contributed by atoms with van der Waals surface area (Å²) in [5, 5.41) is 1.37. The predicted molar refractivity (Wildman–Crippen MR) is 115 cm³/mol. The van der Waals surface area contributed by atoms with E-state index in [0.29, 0.717) is 26.8 Å². The maximum Gasteiger partial charge on any atom is 0.273 e. The summed E-state index contributed by atoms with van der Waals surface area (Å²) in [5.74, 6) is -1.22. The number of carbonyl (C=O) groups excluding carboxylic acids is 2. The third kappa shape index (κ3) is 3.56. The molecule has 30 heavy (non-hydrogen) atoms. The highest BCUT2D eigenvalue weighted by Crippen LogP contribution is 2.25. The first-order valence-electron chi connectivity index (χ1n) is 8.91. The van der Waals surface area contributed by atoms with Crippen molar-refractivity contribution in [3.8, 4) is 0 Å². The number of pyridine rings is 2. The zero-order chi connectivity index (χ0) is 21.4. The maximum absolute atomic E-state index is 12.5. The van der Waals surface area contributed by atoms with Crippen molar-refractivity contribution in [2.24, 2.45) is 0 Å². The molecule has 2 aromatic heterocycles. The number of aryl methyl sites for hydroxylation is 1. The molecule has 0 saturated heterocycles. The SMILES string of the molecule is Cc1cc(=O)c2cc(C(=O)NNC(=O)c3cnc4ccc(Cl)cc4c3N)ccc2[nH]1. The standard InChI is InChI=1S/C21H16ClN5O3/c1-10-6-18(28)13-7-11(2-4-17(13)25-10)20(29)26-27-21(30)15-9-24-16-5-3-12(22)8-14(16)19(15)23/h2-9H,1H3,(H2,23,24)(H,25,28)(H,26,29)(H,27,30). The van der Waals surface area contributed by atoms with Gasteiger partial charge in [0.2, 0.25) is 0 Å². The van der Waals surface area contributed by atoms with Crippen molar-refractivity contribution in [1.29, 1.82) is 0 Å². The number of anilines is 1. The smallest absolute Gasteiger partial charge is 0.273 e. The first kappa shape index (κ1) is 19.4. The Hall–Kier alpha value is -3.91. The zero-order valence-corrected chi connectivity index (χ0v) is 16.5. The number of nitrogens with one attached hydrogen (secondary N) is 3. The molecule has 0 saturated carbocycles. The van der Waals surface area contributed by atoms with Gasteiger partial charge in [0.25, 0.3) is 11.8 Å². The summed E-state index contributed by atoms with van der Waals surface area (Å²) >= 11 is 5.99. The Labute approximate surface area is 175 Å². The second-order valence-electron chi connectivity index (χ2n) is 6.73. The molecule has 9 heteroatoms. The van der Waals surface area contributed by atoms with Crippen molar-refractivity contribution in [2.75, 3.05) is 5.73 Å². The lowest BCUT2D eigenvalue weighted by atomic mass is 10.1. The van der Waals surface area contributed by atoms with Gasteiger partial charge in [-0.05, 0) is 43.3 Å². The summed E-state index contributed by atoms with van der Waals surface area (Å²) in [7, 11) is 0. The van der Waals surface area contributed by atoms with Crippen LogP contribution in [0.3, 0.4) is 0 Å². The van der Waals surface area contributed by atoms with Crippen LogP contribution in [0, 0.1) is 6.92 Å². The van der Waals surface area contributed by atoms with Gasteiger partial charge < -0.3 is 10.7 Å². The molecule has 4 rings (SSSR count). The van der Waals surface area contributed by atoms with Gasteiger partial charge in [-0.1, -0.05) is 11.6 Å². The lowest BCUT2D eigenvalue weighted by Crippen LogP contribution is -2.42. The number of hydrogen-bond acceptors (Lipinski definition) is 5. The molecule has 2 aromatic carbocycles. The van der Waals surface area contributed by atoms with E-state index in [4.69, 9.17) is 17.3 Å². The van der Waals surface area contributed by atoms with Crippen molar-refractivity contribution < 1.29 is 9.59 Å². The van der Waals surface area contributed by atoms with Crippen molar-refractivity contribution in [2.45, 2.75) is 6.92 Å². The van der Waals surface area contributed by atoms with E-state index in [1.807, 2.05) is 0 Å². The fourth-order valence-corrected chi connectivity index (χ4v) is 3.31. The molecule has 0 aliphatic heterocycles. The van der Waals surface area contributed by atoms with Gasteiger partial charge in [0, 0.05) is 44.8 Å². The number of nitrogens with zero attached hydrogens (tertiary/aromatic N) is 1. The van der Waals surface area contributed by atoms with E-state index in [2.05, 4.69) is 20.8 Å². The van der Waals surface area contributed by atoms with Crippen LogP contribution in [0.5, 0.6) is 0 Å².